The first-order valence-electron chi connectivity index (χ1n) is 10.8. The summed E-state index contributed by atoms with van der Waals surface area (Å²) in [5.41, 5.74) is 1.13. The zero-order chi connectivity index (χ0) is 24.1. The summed E-state index contributed by atoms with van der Waals surface area (Å²) in [6.45, 7) is 1.20. The molecule has 0 unspecified atom stereocenters. The summed E-state index contributed by atoms with van der Waals surface area (Å²) >= 11 is 0. The van der Waals surface area contributed by atoms with Gasteiger partial charge in [0.25, 0.3) is 11.5 Å². The lowest BCUT2D eigenvalue weighted by molar-refractivity contribution is 0.0938. The smallest absolute Gasteiger partial charge is 0.263 e. The van der Waals surface area contributed by atoms with Gasteiger partial charge in [0.1, 0.15) is 17.2 Å². The molecule has 4 aromatic rings. The molecule has 5 rings (SSSR count). The first-order valence-corrected chi connectivity index (χ1v) is 10.8. The molecule has 34 heavy (non-hydrogen) atoms. The van der Waals surface area contributed by atoms with Crippen LogP contribution in [0.3, 0.4) is 0 Å². The van der Waals surface area contributed by atoms with Crippen LogP contribution in [-0.4, -0.2) is 49.3 Å². The van der Waals surface area contributed by atoms with Gasteiger partial charge >= 0.3 is 0 Å². The van der Waals surface area contributed by atoms with Crippen molar-refractivity contribution in [2.45, 2.75) is 19.1 Å². The molecule has 1 fully saturated rings. The van der Waals surface area contributed by atoms with E-state index in [9.17, 15) is 19.1 Å². The maximum Gasteiger partial charge on any atom is 0.263 e. The van der Waals surface area contributed by atoms with E-state index in [1.165, 1.54) is 22.8 Å². The van der Waals surface area contributed by atoms with Crippen LogP contribution in [0.5, 0.6) is 0 Å². The molecule has 2 N–H and O–H groups in total. The number of aryl methyl sites for hydroxylation is 1. The van der Waals surface area contributed by atoms with Gasteiger partial charge in [-0.05, 0) is 42.8 Å². The van der Waals surface area contributed by atoms with Gasteiger partial charge in [-0.15, -0.1) is 5.10 Å². The number of nitrogens with zero attached hydrogens (tertiary/aromatic N) is 5. The van der Waals surface area contributed by atoms with Gasteiger partial charge in [0.05, 0.1) is 18.5 Å². The summed E-state index contributed by atoms with van der Waals surface area (Å²) in [6.07, 6.45) is 3.98. The average Bonchev–Trinajstić information content (AvgIpc) is 3.48. The molecule has 0 aliphatic carbocycles. The number of hydrogen-bond acceptors (Lipinski definition) is 6. The number of anilines is 1. The molecule has 1 aromatic carbocycles. The molecule has 10 heteroatoms. The fourth-order valence-corrected chi connectivity index (χ4v) is 3.72. The largest absolute Gasteiger partial charge is 0.390 e. The number of rotatable bonds is 4. The SMILES string of the molecule is Cn1cccc(C(=O)N[C@H]2CCN(c3ccc4ncc(CO)n4n3)C2)c1=O.Fc1ccccc1. The van der Waals surface area contributed by atoms with Gasteiger partial charge in [0, 0.05) is 32.4 Å². The van der Waals surface area contributed by atoms with E-state index in [-0.39, 0.29) is 35.5 Å². The van der Waals surface area contributed by atoms with Gasteiger partial charge in [-0.1, -0.05) is 18.2 Å². The number of nitrogens with one attached hydrogen (secondary N) is 1. The molecule has 1 aliphatic heterocycles. The number of amides is 1. The van der Waals surface area contributed by atoms with Crippen molar-refractivity contribution >= 4 is 17.4 Å². The second-order valence-corrected chi connectivity index (χ2v) is 7.91. The van der Waals surface area contributed by atoms with Crippen molar-refractivity contribution in [3.8, 4) is 0 Å². The second kappa shape index (κ2) is 10.3. The van der Waals surface area contributed by atoms with Crippen molar-refractivity contribution in [3.05, 3.63) is 94.4 Å². The second-order valence-electron chi connectivity index (χ2n) is 7.91. The quantitative estimate of drug-likeness (QED) is 0.477. The number of pyridine rings is 1. The van der Waals surface area contributed by atoms with Crippen LogP contribution in [0.25, 0.3) is 5.65 Å². The molecule has 0 saturated carbocycles. The van der Waals surface area contributed by atoms with E-state index in [1.54, 1.807) is 48.2 Å². The van der Waals surface area contributed by atoms with E-state index >= 15 is 0 Å². The number of hydrogen-bond donors (Lipinski definition) is 2. The van der Waals surface area contributed by atoms with Crippen molar-refractivity contribution in [1.29, 1.82) is 0 Å². The molecule has 1 saturated heterocycles. The Balaban J connectivity index is 0.000000336. The van der Waals surface area contributed by atoms with Crippen LogP contribution in [0.15, 0.2) is 71.8 Å². The Kier molecular flexibility index (Phi) is 6.98. The number of halogens is 1. The van der Waals surface area contributed by atoms with E-state index in [4.69, 9.17) is 0 Å². The van der Waals surface area contributed by atoms with Gasteiger partial charge in [0.2, 0.25) is 0 Å². The fourth-order valence-electron chi connectivity index (χ4n) is 3.72. The molecule has 0 bridgehead atoms. The van der Waals surface area contributed by atoms with E-state index in [0.29, 0.717) is 17.9 Å². The number of fused-ring (bicyclic) bond motifs is 1. The van der Waals surface area contributed by atoms with Crippen molar-refractivity contribution in [2.75, 3.05) is 18.0 Å². The molecule has 3 aromatic heterocycles. The van der Waals surface area contributed by atoms with Crippen molar-refractivity contribution in [3.63, 3.8) is 0 Å². The number of imidazole rings is 1. The van der Waals surface area contributed by atoms with Crippen LogP contribution >= 0.6 is 0 Å². The van der Waals surface area contributed by atoms with Crippen LogP contribution in [0.2, 0.25) is 0 Å². The molecule has 0 radical (unpaired) electrons. The van der Waals surface area contributed by atoms with E-state index in [2.05, 4.69) is 20.3 Å². The zero-order valence-electron chi connectivity index (χ0n) is 18.6. The van der Waals surface area contributed by atoms with E-state index in [1.807, 2.05) is 12.1 Å². The Morgan fingerprint density at radius 1 is 1.18 bits per heavy atom. The first-order chi connectivity index (χ1) is 16.5. The van der Waals surface area contributed by atoms with Crippen LogP contribution in [-0.2, 0) is 13.7 Å². The minimum atomic E-state index is -0.358. The third-order valence-electron chi connectivity index (χ3n) is 5.53. The number of carbonyl (C=O) groups excluding carboxylic acids is 1. The van der Waals surface area contributed by atoms with Gasteiger partial charge in [-0.2, -0.15) is 0 Å². The topological polar surface area (TPSA) is 105 Å². The highest BCUT2D eigenvalue weighted by atomic mass is 19.1. The molecule has 9 nitrogen and oxygen atoms in total. The minimum absolute atomic E-state index is 0.0694. The molecule has 1 atom stereocenters. The predicted octanol–water partition coefficient (Wildman–Crippen LogP) is 1.75. The number of aromatic nitrogens is 4. The lowest BCUT2D eigenvalue weighted by Gasteiger charge is -2.18. The van der Waals surface area contributed by atoms with Crippen LogP contribution in [0.4, 0.5) is 10.2 Å². The number of aliphatic hydroxyl groups excluding tert-OH is 1. The maximum atomic E-state index is 12.4. The molecule has 1 aliphatic rings. The van der Waals surface area contributed by atoms with E-state index in [0.717, 1.165) is 18.8 Å². The summed E-state index contributed by atoms with van der Waals surface area (Å²) in [7, 11) is 1.62. The van der Waals surface area contributed by atoms with Gasteiger partial charge in [0.15, 0.2) is 5.65 Å². The standard InChI is InChI=1S/C18H20N6O3.C6H5F/c1-22-7-2-3-14(18(22)27)17(26)20-12-6-8-23(10-12)16-5-4-15-19-9-13(11-25)24(15)21-16;7-6-4-2-1-3-5-6/h2-5,7,9,12,25H,6,8,10-11H2,1H3,(H,20,26);1-5H/t12-;/m0./s1. The number of benzene rings is 1. The normalized spacial score (nSPS) is 15.1. The summed E-state index contributed by atoms with van der Waals surface area (Å²) in [4.78, 5) is 30.8. The Morgan fingerprint density at radius 2 is 1.97 bits per heavy atom. The Labute approximate surface area is 195 Å². The van der Waals surface area contributed by atoms with Crippen LogP contribution < -0.4 is 15.8 Å². The van der Waals surface area contributed by atoms with Gasteiger partial charge < -0.3 is 19.9 Å². The molecule has 176 valence electrons. The molecule has 0 spiro atoms. The highest BCUT2D eigenvalue weighted by Crippen LogP contribution is 2.19. The van der Waals surface area contributed by atoms with Crippen LogP contribution in [0.1, 0.15) is 22.5 Å². The van der Waals surface area contributed by atoms with Crippen molar-refractivity contribution in [2.24, 2.45) is 7.05 Å². The molecular weight excluding hydrogens is 439 g/mol. The first kappa shape index (κ1) is 23.1. The Hall–Kier alpha value is -4.05. The van der Waals surface area contributed by atoms with Crippen molar-refractivity contribution < 1.29 is 14.3 Å². The number of carbonyl (C=O) groups is 1. The summed E-state index contributed by atoms with van der Waals surface area (Å²) in [5.74, 6) is 0.216. The Bertz CT molecular complexity index is 1340. The minimum Gasteiger partial charge on any atom is -0.390 e. The predicted molar refractivity (Wildman–Crippen MR) is 125 cm³/mol. The maximum absolute atomic E-state index is 12.4. The fraction of sp³-hybridized carbons (Fsp3) is 0.250. The average molecular weight is 465 g/mol. The third kappa shape index (κ3) is 5.12. The summed E-state index contributed by atoms with van der Waals surface area (Å²) in [6, 6.07) is 14.8. The number of aliphatic hydroxyl groups is 1. The molecule has 1 amide bonds. The lowest BCUT2D eigenvalue weighted by Crippen LogP contribution is -2.40. The Morgan fingerprint density at radius 3 is 2.68 bits per heavy atom. The van der Waals surface area contributed by atoms with Gasteiger partial charge in [-0.3, -0.25) is 9.59 Å². The molecular formula is C24H25FN6O3. The lowest BCUT2D eigenvalue weighted by atomic mass is 10.2. The third-order valence-corrected chi connectivity index (χ3v) is 5.53. The monoisotopic (exact) mass is 464 g/mol. The van der Waals surface area contributed by atoms with Crippen molar-refractivity contribution in [1.82, 2.24) is 24.5 Å². The summed E-state index contributed by atoms with van der Waals surface area (Å²) in [5, 5.41) is 16.9. The van der Waals surface area contributed by atoms with Crippen LogP contribution in [0, 0.1) is 5.82 Å². The summed E-state index contributed by atoms with van der Waals surface area (Å²) < 4.78 is 14.9. The highest BCUT2D eigenvalue weighted by Gasteiger charge is 2.26. The van der Waals surface area contributed by atoms with E-state index < -0.39 is 0 Å². The van der Waals surface area contributed by atoms with Gasteiger partial charge in [-0.25, -0.2) is 13.9 Å². The highest BCUT2D eigenvalue weighted by molar-refractivity contribution is 5.94. The zero-order valence-corrected chi connectivity index (χ0v) is 18.6. The molecule has 4 heterocycles.